The molecule has 1 aromatic carbocycles. The molecule has 6 heteroatoms. The van der Waals surface area contributed by atoms with Crippen LogP contribution in [0, 0.1) is 0 Å². The fourth-order valence-electron chi connectivity index (χ4n) is 0.997. The van der Waals surface area contributed by atoms with Gasteiger partial charge in [0, 0.05) is 11.8 Å². The van der Waals surface area contributed by atoms with Gasteiger partial charge in [-0.1, -0.05) is 24.3 Å². The summed E-state index contributed by atoms with van der Waals surface area (Å²) in [5.41, 5.74) is 0.489. The Morgan fingerprint density at radius 3 is 2.50 bits per heavy atom. The fourth-order valence-corrected chi connectivity index (χ4v) is 1.38. The number of allylic oxidation sites excluding steroid dienone is 1. The molecule has 0 aliphatic carbocycles. The zero-order chi connectivity index (χ0) is 12.0. The van der Waals surface area contributed by atoms with Crippen molar-refractivity contribution in [1.29, 1.82) is 0 Å². The molecule has 0 radical (unpaired) electrons. The lowest BCUT2D eigenvalue weighted by Crippen LogP contribution is -2.16. The molecule has 0 unspecified atom stereocenters. The molecule has 0 aliphatic heterocycles. The van der Waals surface area contributed by atoms with Gasteiger partial charge < -0.3 is 15.1 Å². The van der Waals surface area contributed by atoms with Crippen LogP contribution >= 0.6 is 7.60 Å². The summed E-state index contributed by atoms with van der Waals surface area (Å²) in [5.74, 6) is -0.317. The van der Waals surface area contributed by atoms with Crippen LogP contribution in [0.2, 0.25) is 0 Å². The summed E-state index contributed by atoms with van der Waals surface area (Å²) in [7, 11) is -4.04. The summed E-state index contributed by atoms with van der Waals surface area (Å²) in [6.07, 6.45) is 2.07. The van der Waals surface area contributed by atoms with Crippen LogP contribution in [-0.4, -0.2) is 21.9 Å². The minimum absolute atomic E-state index is 0.317. The standard InChI is InChI=1S/C10H12NO4P/c12-10(9-5-2-1-3-6-9)11-7-4-8-16(13,14)15/h1-7H,8H2,(H,11,12)(H2,13,14,15). The van der Waals surface area contributed by atoms with Gasteiger partial charge in [-0.3, -0.25) is 9.36 Å². The quantitative estimate of drug-likeness (QED) is 0.689. The van der Waals surface area contributed by atoms with Crippen molar-refractivity contribution in [3.63, 3.8) is 0 Å². The maximum atomic E-state index is 11.4. The van der Waals surface area contributed by atoms with E-state index in [1.807, 2.05) is 0 Å². The van der Waals surface area contributed by atoms with E-state index in [1.165, 1.54) is 12.3 Å². The van der Waals surface area contributed by atoms with Crippen LogP contribution < -0.4 is 5.32 Å². The fraction of sp³-hybridized carbons (Fsp3) is 0.100. The molecule has 0 heterocycles. The van der Waals surface area contributed by atoms with E-state index in [1.54, 1.807) is 30.3 Å². The van der Waals surface area contributed by atoms with Gasteiger partial charge in [-0.05, 0) is 12.1 Å². The number of hydrogen-bond donors (Lipinski definition) is 3. The molecule has 0 atom stereocenters. The Morgan fingerprint density at radius 1 is 1.31 bits per heavy atom. The number of nitrogens with one attached hydrogen (secondary N) is 1. The Kier molecular flexibility index (Phi) is 4.43. The third-order valence-corrected chi connectivity index (χ3v) is 2.40. The van der Waals surface area contributed by atoms with Crippen molar-refractivity contribution >= 4 is 13.5 Å². The van der Waals surface area contributed by atoms with Crippen LogP contribution in [0.4, 0.5) is 0 Å². The molecule has 0 fully saturated rings. The molecule has 0 bridgehead atoms. The highest BCUT2D eigenvalue weighted by atomic mass is 31.2. The molecular formula is C10H12NO4P. The Balaban J connectivity index is 2.45. The summed E-state index contributed by atoms with van der Waals surface area (Å²) in [6, 6.07) is 8.54. The zero-order valence-corrected chi connectivity index (χ0v) is 9.30. The van der Waals surface area contributed by atoms with Gasteiger partial charge in [0.15, 0.2) is 0 Å². The third-order valence-electron chi connectivity index (χ3n) is 1.71. The van der Waals surface area contributed by atoms with Gasteiger partial charge in [0.2, 0.25) is 0 Å². The van der Waals surface area contributed by atoms with Crippen LogP contribution in [0.5, 0.6) is 0 Å². The van der Waals surface area contributed by atoms with E-state index in [9.17, 15) is 9.36 Å². The lowest BCUT2D eigenvalue weighted by Gasteiger charge is -2.00. The molecule has 1 aromatic rings. The maximum absolute atomic E-state index is 11.4. The van der Waals surface area contributed by atoms with Crippen molar-refractivity contribution < 1.29 is 19.1 Å². The molecule has 86 valence electrons. The predicted molar refractivity (Wildman–Crippen MR) is 60.0 cm³/mol. The van der Waals surface area contributed by atoms with Crippen LogP contribution in [0.1, 0.15) is 10.4 Å². The SMILES string of the molecule is O=C(NC=CCP(=O)(O)O)c1ccccc1. The first-order valence-electron chi connectivity index (χ1n) is 4.54. The second-order valence-corrected chi connectivity index (χ2v) is 4.78. The lowest BCUT2D eigenvalue weighted by atomic mass is 10.2. The van der Waals surface area contributed by atoms with E-state index in [0.29, 0.717) is 5.56 Å². The number of carbonyl (C=O) groups is 1. The van der Waals surface area contributed by atoms with E-state index in [4.69, 9.17) is 9.79 Å². The average molecular weight is 241 g/mol. The number of carbonyl (C=O) groups excluding carboxylic acids is 1. The van der Waals surface area contributed by atoms with Crippen LogP contribution in [0.25, 0.3) is 0 Å². The summed E-state index contributed by atoms with van der Waals surface area (Å²) in [4.78, 5) is 28.5. The first-order chi connectivity index (χ1) is 7.49. The van der Waals surface area contributed by atoms with E-state index < -0.39 is 7.60 Å². The molecule has 3 N–H and O–H groups in total. The largest absolute Gasteiger partial charge is 0.329 e. The number of hydrogen-bond acceptors (Lipinski definition) is 2. The molecule has 16 heavy (non-hydrogen) atoms. The summed E-state index contributed by atoms with van der Waals surface area (Å²) in [5, 5.41) is 2.41. The maximum Gasteiger partial charge on any atom is 0.329 e. The first kappa shape index (κ1) is 12.6. The smallest absolute Gasteiger partial charge is 0.329 e. The minimum atomic E-state index is -4.04. The van der Waals surface area contributed by atoms with Crippen LogP contribution in [0.3, 0.4) is 0 Å². The van der Waals surface area contributed by atoms with Gasteiger partial charge in [0.1, 0.15) is 0 Å². The highest BCUT2D eigenvalue weighted by Gasteiger charge is 2.08. The van der Waals surface area contributed by atoms with Gasteiger partial charge in [-0.2, -0.15) is 0 Å². The van der Waals surface area contributed by atoms with Crippen molar-refractivity contribution in [3.05, 3.63) is 48.2 Å². The Labute approximate surface area is 93.0 Å². The molecule has 1 rings (SSSR count). The Bertz CT molecular complexity index is 424. The van der Waals surface area contributed by atoms with E-state index in [2.05, 4.69) is 5.32 Å². The highest BCUT2D eigenvalue weighted by molar-refractivity contribution is 7.51. The molecule has 0 spiro atoms. The zero-order valence-electron chi connectivity index (χ0n) is 8.41. The van der Waals surface area contributed by atoms with Gasteiger partial charge >= 0.3 is 7.60 Å². The van der Waals surface area contributed by atoms with Crippen LogP contribution in [0.15, 0.2) is 42.6 Å². The minimum Gasteiger partial charge on any atom is -0.329 e. The molecule has 0 saturated heterocycles. The van der Waals surface area contributed by atoms with E-state index in [-0.39, 0.29) is 12.1 Å². The van der Waals surface area contributed by atoms with Crippen molar-refractivity contribution in [2.45, 2.75) is 0 Å². The van der Waals surface area contributed by atoms with Gasteiger partial charge in [0.25, 0.3) is 5.91 Å². The van der Waals surface area contributed by atoms with E-state index in [0.717, 1.165) is 0 Å². The summed E-state index contributed by atoms with van der Waals surface area (Å²) < 4.78 is 10.5. The average Bonchev–Trinajstić information content (AvgIpc) is 2.24. The topological polar surface area (TPSA) is 86.6 Å². The van der Waals surface area contributed by atoms with Gasteiger partial charge in [-0.25, -0.2) is 0 Å². The van der Waals surface area contributed by atoms with Crippen molar-refractivity contribution in [2.24, 2.45) is 0 Å². The lowest BCUT2D eigenvalue weighted by molar-refractivity contribution is 0.0970. The highest BCUT2D eigenvalue weighted by Crippen LogP contribution is 2.33. The second-order valence-electron chi connectivity index (χ2n) is 3.09. The van der Waals surface area contributed by atoms with Crippen molar-refractivity contribution in [1.82, 2.24) is 5.32 Å². The summed E-state index contributed by atoms with van der Waals surface area (Å²) >= 11 is 0. The monoisotopic (exact) mass is 241 g/mol. The van der Waals surface area contributed by atoms with Gasteiger partial charge in [-0.15, -0.1) is 0 Å². The van der Waals surface area contributed by atoms with Gasteiger partial charge in [0.05, 0.1) is 6.16 Å². The van der Waals surface area contributed by atoms with Crippen molar-refractivity contribution in [2.75, 3.05) is 6.16 Å². The number of rotatable bonds is 4. The molecule has 5 nitrogen and oxygen atoms in total. The van der Waals surface area contributed by atoms with Crippen molar-refractivity contribution in [3.8, 4) is 0 Å². The van der Waals surface area contributed by atoms with Crippen LogP contribution in [-0.2, 0) is 4.57 Å². The van der Waals surface area contributed by atoms with E-state index >= 15 is 0 Å². The Morgan fingerprint density at radius 2 is 1.94 bits per heavy atom. The molecule has 1 amide bonds. The normalized spacial score (nSPS) is 11.6. The Hall–Kier alpha value is -1.42. The third kappa shape index (κ3) is 4.89. The second kappa shape index (κ2) is 5.61. The molecule has 0 aromatic heterocycles. The number of benzene rings is 1. The number of amides is 1. The molecular weight excluding hydrogens is 229 g/mol. The predicted octanol–water partition coefficient (Wildman–Crippen LogP) is 1.11. The molecule has 0 saturated carbocycles. The summed E-state index contributed by atoms with van der Waals surface area (Å²) in [6.45, 7) is 0. The first-order valence-corrected chi connectivity index (χ1v) is 6.34. The molecule has 0 aliphatic rings.